The quantitative estimate of drug-likeness (QED) is 0.869. The topological polar surface area (TPSA) is 37.8 Å². The van der Waals surface area contributed by atoms with Gasteiger partial charge in [-0.2, -0.15) is 0 Å². The third-order valence-corrected chi connectivity index (χ3v) is 2.59. The third kappa shape index (κ3) is 3.03. The van der Waals surface area contributed by atoms with Gasteiger partial charge in [0, 0.05) is 17.6 Å². The van der Waals surface area contributed by atoms with Crippen LogP contribution in [0.1, 0.15) is 24.6 Å². The second-order valence-corrected chi connectivity index (χ2v) is 4.06. The highest BCUT2D eigenvalue weighted by molar-refractivity contribution is 5.52. The van der Waals surface area contributed by atoms with Crippen molar-refractivity contribution in [2.75, 3.05) is 5.32 Å². The van der Waals surface area contributed by atoms with Gasteiger partial charge < -0.3 is 5.32 Å². The van der Waals surface area contributed by atoms with E-state index in [1.54, 1.807) is 0 Å². The molecule has 0 spiro atoms. The highest BCUT2D eigenvalue weighted by Crippen LogP contribution is 2.14. The molecule has 3 heteroatoms. The average molecular weight is 227 g/mol. The molecule has 17 heavy (non-hydrogen) atoms. The molecule has 1 aromatic carbocycles. The molecule has 0 unspecified atom stereocenters. The van der Waals surface area contributed by atoms with E-state index >= 15 is 0 Å². The van der Waals surface area contributed by atoms with Crippen LogP contribution in [0.15, 0.2) is 36.5 Å². The maximum absolute atomic E-state index is 4.54. The van der Waals surface area contributed by atoms with Crippen molar-refractivity contribution in [1.29, 1.82) is 0 Å². The zero-order valence-corrected chi connectivity index (χ0v) is 10.3. The van der Waals surface area contributed by atoms with Crippen molar-refractivity contribution in [3.8, 4) is 0 Å². The highest BCUT2D eigenvalue weighted by atomic mass is 15.1. The van der Waals surface area contributed by atoms with Gasteiger partial charge in [-0.25, -0.2) is 9.97 Å². The molecule has 0 aliphatic carbocycles. The summed E-state index contributed by atoms with van der Waals surface area (Å²) in [5.41, 5.74) is 3.30. The van der Waals surface area contributed by atoms with Gasteiger partial charge in [-0.05, 0) is 31.0 Å². The summed E-state index contributed by atoms with van der Waals surface area (Å²) in [5.74, 6) is 0.672. The van der Waals surface area contributed by atoms with Crippen LogP contribution in [0, 0.1) is 6.92 Å². The van der Waals surface area contributed by atoms with E-state index in [9.17, 15) is 0 Å². The lowest BCUT2D eigenvalue weighted by molar-refractivity contribution is 0.862. The maximum Gasteiger partial charge on any atom is 0.227 e. The maximum atomic E-state index is 4.54. The monoisotopic (exact) mass is 227 g/mol. The fourth-order valence-corrected chi connectivity index (χ4v) is 1.68. The Morgan fingerprint density at radius 1 is 1.18 bits per heavy atom. The van der Waals surface area contributed by atoms with Crippen LogP contribution in [0.5, 0.6) is 0 Å². The fourth-order valence-electron chi connectivity index (χ4n) is 1.68. The SMILES string of the molecule is CCCc1nc(Nc2ccccc2)ncc1C. The molecule has 1 N–H and O–H groups in total. The van der Waals surface area contributed by atoms with E-state index in [-0.39, 0.29) is 0 Å². The number of anilines is 2. The van der Waals surface area contributed by atoms with Crippen molar-refractivity contribution in [3.05, 3.63) is 47.8 Å². The van der Waals surface area contributed by atoms with E-state index in [0.29, 0.717) is 5.95 Å². The van der Waals surface area contributed by atoms with E-state index in [2.05, 4.69) is 29.1 Å². The van der Waals surface area contributed by atoms with Gasteiger partial charge in [0.05, 0.1) is 0 Å². The first-order chi connectivity index (χ1) is 8.29. The molecule has 3 nitrogen and oxygen atoms in total. The molecule has 2 rings (SSSR count). The number of aromatic nitrogens is 2. The summed E-state index contributed by atoms with van der Waals surface area (Å²) in [6.07, 6.45) is 3.98. The summed E-state index contributed by atoms with van der Waals surface area (Å²) in [7, 11) is 0. The van der Waals surface area contributed by atoms with Crippen LogP contribution in [0.3, 0.4) is 0 Å². The Kier molecular flexibility index (Phi) is 3.70. The zero-order chi connectivity index (χ0) is 12.1. The van der Waals surface area contributed by atoms with Crippen molar-refractivity contribution in [2.45, 2.75) is 26.7 Å². The average Bonchev–Trinajstić information content (AvgIpc) is 2.35. The molecule has 0 saturated heterocycles. The van der Waals surface area contributed by atoms with E-state index in [4.69, 9.17) is 0 Å². The minimum Gasteiger partial charge on any atom is -0.324 e. The first-order valence-electron chi connectivity index (χ1n) is 5.94. The van der Waals surface area contributed by atoms with Gasteiger partial charge in [0.15, 0.2) is 0 Å². The van der Waals surface area contributed by atoms with Crippen LogP contribution >= 0.6 is 0 Å². The zero-order valence-electron chi connectivity index (χ0n) is 10.3. The van der Waals surface area contributed by atoms with Crippen molar-refractivity contribution in [1.82, 2.24) is 9.97 Å². The number of rotatable bonds is 4. The van der Waals surface area contributed by atoms with E-state index in [1.165, 1.54) is 0 Å². The minimum absolute atomic E-state index is 0.672. The lowest BCUT2D eigenvalue weighted by atomic mass is 10.2. The Labute approximate surface area is 102 Å². The number of hydrogen-bond donors (Lipinski definition) is 1. The molecule has 2 aromatic rings. The van der Waals surface area contributed by atoms with Crippen LogP contribution in [0.2, 0.25) is 0 Å². The van der Waals surface area contributed by atoms with Crippen molar-refractivity contribution < 1.29 is 0 Å². The summed E-state index contributed by atoms with van der Waals surface area (Å²) < 4.78 is 0. The summed E-state index contributed by atoms with van der Waals surface area (Å²) in [4.78, 5) is 8.83. The summed E-state index contributed by atoms with van der Waals surface area (Å²) >= 11 is 0. The Bertz CT molecular complexity index is 480. The number of aryl methyl sites for hydroxylation is 2. The van der Waals surface area contributed by atoms with Crippen molar-refractivity contribution in [3.63, 3.8) is 0 Å². The molecule has 1 aromatic heterocycles. The van der Waals surface area contributed by atoms with Gasteiger partial charge >= 0.3 is 0 Å². The van der Waals surface area contributed by atoms with Crippen LogP contribution in [0.25, 0.3) is 0 Å². The molecule has 88 valence electrons. The molecule has 0 aliphatic rings. The third-order valence-electron chi connectivity index (χ3n) is 2.59. The van der Waals surface area contributed by atoms with Crippen LogP contribution < -0.4 is 5.32 Å². The molecule has 0 bridgehead atoms. The Balaban J connectivity index is 2.19. The summed E-state index contributed by atoms with van der Waals surface area (Å²) in [6.45, 7) is 4.21. The molecule has 0 atom stereocenters. The predicted molar refractivity (Wildman–Crippen MR) is 70.5 cm³/mol. The second kappa shape index (κ2) is 5.43. The van der Waals surface area contributed by atoms with E-state index in [1.807, 2.05) is 36.5 Å². The molecule has 0 saturated carbocycles. The van der Waals surface area contributed by atoms with Crippen LogP contribution in [-0.2, 0) is 6.42 Å². The normalized spacial score (nSPS) is 10.2. The van der Waals surface area contributed by atoms with Crippen molar-refractivity contribution >= 4 is 11.6 Å². The Morgan fingerprint density at radius 2 is 1.94 bits per heavy atom. The van der Waals surface area contributed by atoms with Crippen LogP contribution in [0.4, 0.5) is 11.6 Å². The van der Waals surface area contributed by atoms with Gasteiger partial charge in [-0.3, -0.25) is 0 Å². The number of nitrogens with one attached hydrogen (secondary N) is 1. The molecular weight excluding hydrogens is 210 g/mol. The highest BCUT2D eigenvalue weighted by Gasteiger charge is 2.03. The van der Waals surface area contributed by atoms with Gasteiger partial charge in [0.1, 0.15) is 0 Å². The Hall–Kier alpha value is -1.90. The lowest BCUT2D eigenvalue weighted by Crippen LogP contribution is -2.02. The van der Waals surface area contributed by atoms with E-state index in [0.717, 1.165) is 29.8 Å². The number of para-hydroxylation sites is 1. The first-order valence-corrected chi connectivity index (χ1v) is 5.94. The van der Waals surface area contributed by atoms with Crippen molar-refractivity contribution in [2.24, 2.45) is 0 Å². The Morgan fingerprint density at radius 3 is 2.65 bits per heavy atom. The minimum atomic E-state index is 0.672. The number of nitrogens with zero attached hydrogens (tertiary/aromatic N) is 2. The van der Waals surface area contributed by atoms with Gasteiger partial charge in [-0.1, -0.05) is 31.5 Å². The molecule has 1 heterocycles. The van der Waals surface area contributed by atoms with E-state index < -0.39 is 0 Å². The smallest absolute Gasteiger partial charge is 0.227 e. The predicted octanol–water partition coefficient (Wildman–Crippen LogP) is 3.48. The first kappa shape index (κ1) is 11.6. The molecule has 0 radical (unpaired) electrons. The van der Waals surface area contributed by atoms with Crippen LogP contribution in [-0.4, -0.2) is 9.97 Å². The summed E-state index contributed by atoms with van der Waals surface area (Å²) in [5, 5.41) is 3.21. The van der Waals surface area contributed by atoms with Gasteiger partial charge in [-0.15, -0.1) is 0 Å². The second-order valence-electron chi connectivity index (χ2n) is 4.06. The number of benzene rings is 1. The molecule has 0 fully saturated rings. The van der Waals surface area contributed by atoms with Gasteiger partial charge in [0.2, 0.25) is 5.95 Å². The fraction of sp³-hybridized carbons (Fsp3) is 0.286. The lowest BCUT2D eigenvalue weighted by Gasteiger charge is -2.08. The van der Waals surface area contributed by atoms with Gasteiger partial charge in [0.25, 0.3) is 0 Å². The largest absolute Gasteiger partial charge is 0.324 e. The summed E-state index contributed by atoms with van der Waals surface area (Å²) in [6, 6.07) is 9.97. The molecule has 0 aliphatic heterocycles. The number of hydrogen-bond acceptors (Lipinski definition) is 3. The molecular formula is C14H17N3. The molecule has 0 amide bonds. The standard InChI is InChI=1S/C14H17N3/c1-3-7-13-11(2)10-15-14(17-13)16-12-8-5-4-6-9-12/h4-6,8-10H,3,7H2,1-2H3,(H,15,16,17).